The van der Waals surface area contributed by atoms with E-state index in [2.05, 4.69) is 15.6 Å². The highest BCUT2D eigenvalue weighted by atomic mass is 35.7. The van der Waals surface area contributed by atoms with Crippen LogP contribution in [-0.2, 0) is 9.05 Å². The highest BCUT2D eigenvalue weighted by molar-refractivity contribution is 8.13. The average Bonchev–Trinajstić information content (AvgIpc) is 2.38. The molecule has 2 rings (SSSR count). The molecule has 110 valence electrons. The number of aromatic nitrogens is 1. The predicted octanol–water partition coefficient (Wildman–Crippen LogP) is 2.96. The first-order valence-electron chi connectivity index (χ1n) is 5.89. The van der Waals surface area contributed by atoms with E-state index in [9.17, 15) is 13.2 Å². The fourth-order valence-electron chi connectivity index (χ4n) is 1.73. The number of nitrogens with zero attached hydrogens (tertiary/aromatic N) is 1. The molecule has 0 saturated heterocycles. The second kappa shape index (κ2) is 6.11. The SMILES string of the molecule is Cc1cc(NC(=O)Nc2cccnc2)ccc1S(=O)(=O)Cl. The van der Waals surface area contributed by atoms with Crippen molar-refractivity contribution in [2.75, 3.05) is 10.6 Å². The first-order valence-corrected chi connectivity index (χ1v) is 8.20. The number of carbonyl (C=O) groups excluding carboxylic acids is 1. The molecule has 1 aromatic heterocycles. The van der Waals surface area contributed by atoms with Gasteiger partial charge in [-0.25, -0.2) is 13.2 Å². The van der Waals surface area contributed by atoms with E-state index >= 15 is 0 Å². The van der Waals surface area contributed by atoms with Gasteiger partial charge in [0, 0.05) is 22.6 Å². The van der Waals surface area contributed by atoms with E-state index in [1.54, 1.807) is 25.3 Å². The van der Waals surface area contributed by atoms with Crippen molar-refractivity contribution in [3.63, 3.8) is 0 Å². The maximum absolute atomic E-state index is 11.8. The van der Waals surface area contributed by atoms with E-state index in [-0.39, 0.29) is 4.90 Å². The Morgan fingerprint density at radius 1 is 1.19 bits per heavy atom. The van der Waals surface area contributed by atoms with Crippen LogP contribution in [0.15, 0.2) is 47.6 Å². The summed E-state index contributed by atoms with van der Waals surface area (Å²) in [6, 6.07) is 7.27. The van der Waals surface area contributed by atoms with Crippen LogP contribution in [0.1, 0.15) is 5.56 Å². The van der Waals surface area contributed by atoms with Crippen LogP contribution < -0.4 is 10.6 Å². The number of hydrogen-bond acceptors (Lipinski definition) is 4. The molecule has 0 bridgehead atoms. The molecule has 0 aliphatic heterocycles. The lowest BCUT2D eigenvalue weighted by Gasteiger charge is -2.09. The van der Waals surface area contributed by atoms with Crippen molar-refractivity contribution < 1.29 is 13.2 Å². The van der Waals surface area contributed by atoms with E-state index < -0.39 is 15.1 Å². The molecule has 21 heavy (non-hydrogen) atoms. The van der Waals surface area contributed by atoms with Crippen molar-refractivity contribution in [2.45, 2.75) is 11.8 Å². The molecule has 1 aromatic carbocycles. The number of pyridine rings is 1. The number of hydrogen-bond donors (Lipinski definition) is 2. The van der Waals surface area contributed by atoms with E-state index in [1.165, 1.54) is 24.4 Å². The molecule has 0 atom stereocenters. The topological polar surface area (TPSA) is 88.2 Å². The highest BCUT2D eigenvalue weighted by Crippen LogP contribution is 2.22. The molecule has 0 aliphatic carbocycles. The summed E-state index contributed by atoms with van der Waals surface area (Å²) >= 11 is 0. The second-order valence-electron chi connectivity index (χ2n) is 4.24. The minimum Gasteiger partial charge on any atom is -0.308 e. The Balaban J connectivity index is 2.10. The maximum Gasteiger partial charge on any atom is 0.323 e. The average molecular weight is 326 g/mol. The van der Waals surface area contributed by atoms with Gasteiger partial charge in [-0.3, -0.25) is 4.98 Å². The zero-order chi connectivity index (χ0) is 15.5. The van der Waals surface area contributed by atoms with Crippen molar-refractivity contribution in [3.8, 4) is 0 Å². The number of amides is 2. The Hall–Kier alpha value is -2.12. The minimum atomic E-state index is -3.79. The molecule has 1 heterocycles. The smallest absolute Gasteiger partial charge is 0.308 e. The first-order chi connectivity index (χ1) is 9.86. The maximum atomic E-state index is 11.8. The summed E-state index contributed by atoms with van der Waals surface area (Å²) in [5.74, 6) is 0. The molecule has 0 unspecified atom stereocenters. The fourth-order valence-corrected chi connectivity index (χ4v) is 2.92. The Labute approximate surface area is 126 Å². The number of rotatable bonds is 3. The van der Waals surface area contributed by atoms with Gasteiger partial charge in [0.2, 0.25) is 0 Å². The lowest BCUT2D eigenvalue weighted by Crippen LogP contribution is -2.19. The number of carbonyl (C=O) groups is 1. The molecule has 8 heteroatoms. The van der Waals surface area contributed by atoms with E-state index in [0.29, 0.717) is 16.9 Å². The number of nitrogens with one attached hydrogen (secondary N) is 2. The fraction of sp³-hybridized carbons (Fsp3) is 0.0769. The Kier molecular flexibility index (Phi) is 4.44. The largest absolute Gasteiger partial charge is 0.323 e. The molecule has 0 saturated carbocycles. The van der Waals surface area contributed by atoms with Gasteiger partial charge in [-0.05, 0) is 42.8 Å². The lowest BCUT2D eigenvalue weighted by molar-refractivity contribution is 0.262. The molecule has 2 aromatic rings. The summed E-state index contributed by atoms with van der Waals surface area (Å²) in [4.78, 5) is 15.7. The molecule has 6 nitrogen and oxygen atoms in total. The summed E-state index contributed by atoms with van der Waals surface area (Å²) in [6.07, 6.45) is 3.10. The molecule has 0 aliphatic rings. The first kappa shape index (κ1) is 15.3. The Morgan fingerprint density at radius 2 is 1.90 bits per heavy atom. The molecular weight excluding hydrogens is 314 g/mol. The van der Waals surface area contributed by atoms with Crippen molar-refractivity contribution in [3.05, 3.63) is 48.3 Å². The Morgan fingerprint density at radius 3 is 2.48 bits per heavy atom. The van der Waals surface area contributed by atoms with Crippen LogP contribution in [0.4, 0.5) is 16.2 Å². The van der Waals surface area contributed by atoms with Gasteiger partial charge in [-0.15, -0.1) is 0 Å². The third-order valence-corrected chi connectivity index (χ3v) is 4.10. The molecule has 2 amide bonds. The number of urea groups is 1. The molecule has 0 radical (unpaired) electrons. The summed E-state index contributed by atoms with van der Waals surface area (Å²) in [5.41, 5.74) is 1.45. The summed E-state index contributed by atoms with van der Waals surface area (Å²) in [5, 5.41) is 5.19. The minimum absolute atomic E-state index is 0.0161. The Bertz CT molecular complexity index is 763. The van der Waals surface area contributed by atoms with Gasteiger partial charge in [0.05, 0.1) is 16.8 Å². The quantitative estimate of drug-likeness (QED) is 0.849. The number of anilines is 2. The van der Waals surface area contributed by atoms with Crippen LogP contribution in [0.3, 0.4) is 0 Å². The van der Waals surface area contributed by atoms with Crippen molar-refractivity contribution in [1.82, 2.24) is 4.98 Å². The van der Waals surface area contributed by atoms with Gasteiger partial charge in [0.25, 0.3) is 9.05 Å². The van der Waals surface area contributed by atoms with Crippen LogP contribution >= 0.6 is 10.7 Å². The van der Waals surface area contributed by atoms with E-state index in [0.717, 1.165) is 0 Å². The third kappa shape index (κ3) is 4.17. The van der Waals surface area contributed by atoms with Gasteiger partial charge >= 0.3 is 6.03 Å². The van der Waals surface area contributed by atoms with Crippen LogP contribution in [0, 0.1) is 6.92 Å². The molecule has 2 N–H and O–H groups in total. The third-order valence-electron chi connectivity index (χ3n) is 2.61. The van der Waals surface area contributed by atoms with E-state index in [4.69, 9.17) is 10.7 Å². The standard InChI is InChI=1S/C13H12ClN3O3S/c1-9-7-10(4-5-12(9)21(14,19)20)16-13(18)17-11-3-2-6-15-8-11/h2-8H,1H3,(H2,16,17,18). The summed E-state index contributed by atoms with van der Waals surface area (Å²) in [7, 11) is 1.50. The molecule has 0 spiro atoms. The van der Waals surface area contributed by atoms with Crippen LogP contribution in [0.25, 0.3) is 0 Å². The molecular formula is C13H12ClN3O3S. The number of benzene rings is 1. The zero-order valence-corrected chi connectivity index (χ0v) is 12.6. The van der Waals surface area contributed by atoms with E-state index in [1.807, 2.05) is 0 Å². The van der Waals surface area contributed by atoms with Crippen molar-refractivity contribution in [2.24, 2.45) is 0 Å². The van der Waals surface area contributed by atoms with Crippen molar-refractivity contribution in [1.29, 1.82) is 0 Å². The van der Waals surface area contributed by atoms with Gasteiger partial charge in [-0.2, -0.15) is 0 Å². The highest BCUT2D eigenvalue weighted by Gasteiger charge is 2.14. The van der Waals surface area contributed by atoms with Crippen LogP contribution in [0.5, 0.6) is 0 Å². The normalized spacial score (nSPS) is 11.0. The second-order valence-corrected chi connectivity index (χ2v) is 6.77. The number of aryl methyl sites for hydroxylation is 1. The monoisotopic (exact) mass is 325 g/mol. The van der Waals surface area contributed by atoms with Gasteiger partial charge in [0.1, 0.15) is 0 Å². The lowest BCUT2D eigenvalue weighted by atomic mass is 10.2. The van der Waals surface area contributed by atoms with Crippen LogP contribution in [0.2, 0.25) is 0 Å². The zero-order valence-electron chi connectivity index (χ0n) is 11.0. The summed E-state index contributed by atoms with van der Waals surface area (Å²) in [6.45, 7) is 1.60. The van der Waals surface area contributed by atoms with Crippen molar-refractivity contribution >= 4 is 37.1 Å². The molecule has 0 fully saturated rings. The number of halogens is 1. The summed E-state index contributed by atoms with van der Waals surface area (Å²) < 4.78 is 22.6. The van der Waals surface area contributed by atoms with Crippen LogP contribution in [-0.4, -0.2) is 19.4 Å². The predicted molar refractivity (Wildman–Crippen MR) is 81.1 cm³/mol. The van der Waals surface area contributed by atoms with Gasteiger partial charge in [-0.1, -0.05) is 0 Å². The van der Waals surface area contributed by atoms with Gasteiger partial charge in [0.15, 0.2) is 0 Å². The van der Waals surface area contributed by atoms with Gasteiger partial charge < -0.3 is 10.6 Å².